The van der Waals surface area contributed by atoms with E-state index in [2.05, 4.69) is 24.4 Å². The fourth-order valence-electron chi connectivity index (χ4n) is 3.26. The molecule has 3 rings (SSSR count). The number of furan rings is 1. The Bertz CT molecular complexity index is 582. The molecule has 0 saturated heterocycles. The summed E-state index contributed by atoms with van der Waals surface area (Å²) in [6, 6.07) is 4.69. The quantitative estimate of drug-likeness (QED) is 0.896. The van der Waals surface area contributed by atoms with E-state index < -0.39 is 0 Å². The summed E-state index contributed by atoms with van der Waals surface area (Å²) in [6.07, 6.45) is 7.40. The van der Waals surface area contributed by atoms with Crippen molar-refractivity contribution in [3.05, 3.63) is 34.6 Å². The van der Waals surface area contributed by atoms with Crippen LogP contribution in [0.1, 0.15) is 48.6 Å². The topological polar surface area (TPSA) is 25.2 Å². The van der Waals surface area contributed by atoms with E-state index in [9.17, 15) is 0 Å². The molecule has 0 bridgehead atoms. The smallest absolute Gasteiger partial charge is 0.134 e. The molecule has 1 aromatic heterocycles. The molecular weight excluding hydrogens is 234 g/mol. The minimum Gasteiger partial charge on any atom is -0.459 e. The molecule has 0 atom stereocenters. The summed E-state index contributed by atoms with van der Waals surface area (Å²) in [6.45, 7) is 3.06. The van der Waals surface area contributed by atoms with Gasteiger partial charge >= 0.3 is 0 Å². The van der Waals surface area contributed by atoms with Crippen molar-refractivity contribution in [3.63, 3.8) is 0 Å². The largest absolute Gasteiger partial charge is 0.459 e. The highest BCUT2D eigenvalue weighted by Gasteiger charge is 2.17. The summed E-state index contributed by atoms with van der Waals surface area (Å²) >= 11 is 0. The van der Waals surface area contributed by atoms with Crippen molar-refractivity contribution in [2.45, 2.75) is 52.0 Å². The second-order valence-electron chi connectivity index (χ2n) is 5.61. The molecule has 2 aromatic rings. The van der Waals surface area contributed by atoms with Crippen molar-refractivity contribution in [2.24, 2.45) is 0 Å². The molecule has 1 heterocycles. The van der Waals surface area contributed by atoms with Gasteiger partial charge in [-0.2, -0.15) is 0 Å². The Hall–Kier alpha value is -1.28. The highest BCUT2D eigenvalue weighted by Crippen LogP contribution is 2.32. The average Bonchev–Trinajstić information content (AvgIpc) is 2.75. The van der Waals surface area contributed by atoms with E-state index >= 15 is 0 Å². The van der Waals surface area contributed by atoms with Gasteiger partial charge in [0.05, 0.1) is 6.54 Å². The second kappa shape index (κ2) is 5.38. The molecule has 0 aliphatic heterocycles. The SMILES string of the molecule is CCCc1c(CNC)oc2cc3c(cc12)CCCC3. The summed E-state index contributed by atoms with van der Waals surface area (Å²) in [7, 11) is 1.98. The van der Waals surface area contributed by atoms with Crippen LogP contribution in [0.15, 0.2) is 16.5 Å². The van der Waals surface area contributed by atoms with Gasteiger partial charge in [0.15, 0.2) is 0 Å². The van der Waals surface area contributed by atoms with E-state index in [4.69, 9.17) is 4.42 Å². The lowest BCUT2D eigenvalue weighted by atomic mass is 9.90. The molecule has 1 aliphatic rings. The Balaban J connectivity index is 2.14. The van der Waals surface area contributed by atoms with E-state index in [1.165, 1.54) is 48.6 Å². The van der Waals surface area contributed by atoms with E-state index in [-0.39, 0.29) is 0 Å². The summed E-state index contributed by atoms with van der Waals surface area (Å²) < 4.78 is 6.10. The molecule has 0 fully saturated rings. The zero-order chi connectivity index (χ0) is 13.2. The minimum atomic E-state index is 0.828. The Kier molecular flexibility index (Phi) is 3.61. The molecule has 0 spiro atoms. The molecule has 0 amide bonds. The van der Waals surface area contributed by atoms with Crippen molar-refractivity contribution >= 4 is 11.0 Å². The number of benzene rings is 1. The zero-order valence-electron chi connectivity index (χ0n) is 12.0. The number of hydrogen-bond donors (Lipinski definition) is 1. The van der Waals surface area contributed by atoms with E-state index in [0.717, 1.165) is 24.3 Å². The summed E-state index contributed by atoms with van der Waals surface area (Å²) in [5.74, 6) is 1.13. The van der Waals surface area contributed by atoms with Crippen LogP contribution in [0.2, 0.25) is 0 Å². The van der Waals surface area contributed by atoms with Gasteiger partial charge in [0.1, 0.15) is 11.3 Å². The van der Waals surface area contributed by atoms with Gasteiger partial charge in [0.25, 0.3) is 0 Å². The van der Waals surface area contributed by atoms with E-state index in [0.29, 0.717) is 0 Å². The molecule has 19 heavy (non-hydrogen) atoms. The first-order valence-electron chi connectivity index (χ1n) is 7.54. The standard InChI is InChI=1S/C17H23NO/c1-3-6-14-15-9-12-7-4-5-8-13(12)10-16(15)19-17(14)11-18-2/h9-10,18H,3-8,11H2,1-2H3. The van der Waals surface area contributed by atoms with Crippen LogP contribution in [0.5, 0.6) is 0 Å². The van der Waals surface area contributed by atoms with Gasteiger partial charge in [-0.1, -0.05) is 13.3 Å². The van der Waals surface area contributed by atoms with E-state index in [1.807, 2.05) is 7.05 Å². The van der Waals surface area contributed by atoms with E-state index in [1.54, 1.807) is 5.56 Å². The highest BCUT2D eigenvalue weighted by molar-refractivity contribution is 5.84. The fraction of sp³-hybridized carbons (Fsp3) is 0.529. The summed E-state index contributed by atoms with van der Waals surface area (Å²) in [4.78, 5) is 0. The Morgan fingerprint density at radius 3 is 2.58 bits per heavy atom. The lowest BCUT2D eigenvalue weighted by Crippen LogP contribution is -2.06. The Morgan fingerprint density at radius 1 is 1.16 bits per heavy atom. The van der Waals surface area contributed by atoms with Gasteiger partial charge in [-0.05, 0) is 62.4 Å². The van der Waals surface area contributed by atoms with Crippen molar-refractivity contribution in [2.75, 3.05) is 7.05 Å². The lowest BCUT2D eigenvalue weighted by Gasteiger charge is -2.15. The third-order valence-corrected chi connectivity index (χ3v) is 4.18. The van der Waals surface area contributed by atoms with Crippen LogP contribution in [-0.2, 0) is 25.8 Å². The van der Waals surface area contributed by atoms with Crippen LogP contribution in [0, 0.1) is 0 Å². The molecule has 102 valence electrons. The van der Waals surface area contributed by atoms with Gasteiger partial charge in [-0.25, -0.2) is 0 Å². The first kappa shape index (κ1) is 12.7. The van der Waals surface area contributed by atoms with Gasteiger partial charge < -0.3 is 9.73 Å². The number of fused-ring (bicyclic) bond motifs is 2. The molecule has 0 unspecified atom stereocenters. The number of nitrogens with one attached hydrogen (secondary N) is 1. The van der Waals surface area contributed by atoms with Gasteiger partial charge in [0, 0.05) is 10.9 Å². The lowest BCUT2D eigenvalue weighted by molar-refractivity contribution is 0.522. The first-order chi connectivity index (χ1) is 9.33. The molecular formula is C17H23NO. The van der Waals surface area contributed by atoms with Crippen LogP contribution in [-0.4, -0.2) is 7.05 Å². The molecule has 0 radical (unpaired) electrons. The number of rotatable bonds is 4. The number of aryl methyl sites for hydroxylation is 3. The molecule has 1 aliphatic carbocycles. The van der Waals surface area contributed by atoms with Crippen molar-refractivity contribution in [3.8, 4) is 0 Å². The van der Waals surface area contributed by atoms with Gasteiger partial charge in [0.2, 0.25) is 0 Å². The van der Waals surface area contributed by atoms with Crippen LogP contribution >= 0.6 is 0 Å². The predicted molar refractivity (Wildman–Crippen MR) is 79.6 cm³/mol. The highest BCUT2D eigenvalue weighted by atomic mass is 16.3. The third-order valence-electron chi connectivity index (χ3n) is 4.18. The number of hydrogen-bond acceptors (Lipinski definition) is 2. The van der Waals surface area contributed by atoms with Gasteiger partial charge in [-0.15, -0.1) is 0 Å². The minimum absolute atomic E-state index is 0.828. The van der Waals surface area contributed by atoms with Crippen molar-refractivity contribution < 1.29 is 4.42 Å². The van der Waals surface area contributed by atoms with Crippen LogP contribution in [0.4, 0.5) is 0 Å². The Morgan fingerprint density at radius 2 is 1.89 bits per heavy atom. The maximum Gasteiger partial charge on any atom is 0.134 e. The van der Waals surface area contributed by atoms with Crippen molar-refractivity contribution in [1.29, 1.82) is 0 Å². The normalized spacial score (nSPS) is 14.8. The monoisotopic (exact) mass is 257 g/mol. The average molecular weight is 257 g/mol. The zero-order valence-corrected chi connectivity index (χ0v) is 12.0. The molecule has 0 saturated carbocycles. The first-order valence-corrected chi connectivity index (χ1v) is 7.54. The predicted octanol–water partition coefficient (Wildman–Crippen LogP) is 3.98. The maximum absolute atomic E-state index is 6.10. The molecule has 1 N–H and O–H groups in total. The Labute approximate surface area is 115 Å². The summed E-state index contributed by atoms with van der Waals surface area (Å²) in [5, 5.41) is 4.57. The molecule has 1 aromatic carbocycles. The summed E-state index contributed by atoms with van der Waals surface area (Å²) in [5.41, 5.74) is 5.56. The second-order valence-corrected chi connectivity index (χ2v) is 5.61. The van der Waals surface area contributed by atoms with Crippen LogP contribution < -0.4 is 5.32 Å². The molecule has 2 nitrogen and oxygen atoms in total. The van der Waals surface area contributed by atoms with Crippen molar-refractivity contribution in [1.82, 2.24) is 5.32 Å². The van der Waals surface area contributed by atoms with Crippen LogP contribution in [0.25, 0.3) is 11.0 Å². The van der Waals surface area contributed by atoms with Gasteiger partial charge in [-0.3, -0.25) is 0 Å². The molecule has 2 heteroatoms. The maximum atomic E-state index is 6.10. The third kappa shape index (κ3) is 2.30. The fourth-order valence-corrected chi connectivity index (χ4v) is 3.26. The van der Waals surface area contributed by atoms with Crippen LogP contribution in [0.3, 0.4) is 0 Å².